The number of benzene rings is 1. The van der Waals surface area contributed by atoms with Crippen molar-refractivity contribution in [3.05, 3.63) is 64.9 Å². The highest BCUT2D eigenvalue weighted by Crippen LogP contribution is 2.28. The van der Waals surface area contributed by atoms with E-state index in [1.807, 2.05) is 29.7 Å². The first-order chi connectivity index (χ1) is 15.9. The predicted octanol–water partition coefficient (Wildman–Crippen LogP) is 3.23. The van der Waals surface area contributed by atoms with Crippen LogP contribution < -0.4 is 4.90 Å². The molecule has 1 aliphatic heterocycles. The normalized spacial score (nSPS) is 13.6. The van der Waals surface area contributed by atoms with E-state index in [4.69, 9.17) is 14.7 Å². The van der Waals surface area contributed by atoms with Crippen molar-refractivity contribution >= 4 is 11.7 Å². The van der Waals surface area contributed by atoms with Gasteiger partial charge in [0.2, 0.25) is 5.91 Å². The molecule has 33 heavy (non-hydrogen) atoms. The topological polar surface area (TPSA) is 76.4 Å². The highest BCUT2D eigenvalue weighted by Gasteiger charge is 2.27. The first kappa shape index (κ1) is 23.1. The van der Waals surface area contributed by atoms with Gasteiger partial charge in [-0.25, -0.2) is 14.6 Å². The maximum Gasteiger partial charge on any atom is 0.228 e. The van der Waals surface area contributed by atoms with Crippen LogP contribution >= 0.6 is 0 Å². The van der Waals surface area contributed by atoms with Gasteiger partial charge in [-0.2, -0.15) is 5.10 Å². The van der Waals surface area contributed by atoms with Gasteiger partial charge >= 0.3 is 0 Å². The third kappa shape index (κ3) is 5.46. The molecular formula is C25H32N6O2. The Morgan fingerprint density at radius 3 is 2.64 bits per heavy atom. The second kappa shape index (κ2) is 10.2. The van der Waals surface area contributed by atoms with Gasteiger partial charge in [0, 0.05) is 56.2 Å². The lowest BCUT2D eigenvalue weighted by atomic mass is 10.0. The summed E-state index contributed by atoms with van der Waals surface area (Å²) < 4.78 is 7.06. The zero-order valence-electron chi connectivity index (χ0n) is 19.9. The van der Waals surface area contributed by atoms with Gasteiger partial charge in [-0.1, -0.05) is 17.7 Å². The molecule has 0 saturated heterocycles. The summed E-state index contributed by atoms with van der Waals surface area (Å²) >= 11 is 0. The fraction of sp³-hybridized carbons (Fsp3) is 0.440. The molecule has 0 aliphatic carbocycles. The highest BCUT2D eigenvalue weighted by molar-refractivity contribution is 5.95. The quantitative estimate of drug-likeness (QED) is 0.468. The van der Waals surface area contributed by atoms with Crippen molar-refractivity contribution in [3.63, 3.8) is 0 Å². The van der Waals surface area contributed by atoms with Crippen LogP contribution in [0.25, 0.3) is 5.69 Å². The molecule has 8 nitrogen and oxygen atoms in total. The fourth-order valence-corrected chi connectivity index (χ4v) is 4.20. The molecule has 0 fully saturated rings. The summed E-state index contributed by atoms with van der Waals surface area (Å²) in [6.07, 6.45) is 5.94. The van der Waals surface area contributed by atoms with Crippen molar-refractivity contribution in [1.82, 2.24) is 24.6 Å². The van der Waals surface area contributed by atoms with E-state index in [1.54, 1.807) is 7.11 Å². The summed E-state index contributed by atoms with van der Waals surface area (Å²) in [5, 5.41) is 4.51. The third-order valence-electron chi connectivity index (χ3n) is 5.91. The van der Waals surface area contributed by atoms with Crippen LogP contribution in [0.4, 0.5) is 5.82 Å². The van der Waals surface area contributed by atoms with Gasteiger partial charge in [0.1, 0.15) is 11.6 Å². The number of anilines is 1. The lowest BCUT2D eigenvalue weighted by Crippen LogP contribution is -2.38. The van der Waals surface area contributed by atoms with Crippen LogP contribution in [-0.2, 0) is 29.0 Å². The summed E-state index contributed by atoms with van der Waals surface area (Å²) in [5.41, 5.74) is 5.42. The minimum absolute atomic E-state index is 0.125. The Labute approximate surface area is 195 Å². The number of carbonyl (C=O) groups excluding carboxylic acids is 1. The summed E-state index contributed by atoms with van der Waals surface area (Å²) in [6.45, 7) is 6.63. The van der Waals surface area contributed by atoms with Crippen LogP contribution in [-0.4, -0.2) is 57.9 Å². The monoisotopic (exact) mass is 448 g/mol. The van der Waals surface area contributed by atoms with Crippen molar-refractivity contribution < 1.29 is 9.53 Å². The molecule has 8 heteroatoms. The molecular weight excluding hydrogens is 416 g/mol. The van der Waals surface area contributed by atoms with Gasteiger partial charge in [0.25, 0.3) is 0 Å². The number of aryl methyl sites for hydroxylation is 2. The third-order valence-corrected chi connectivity index (χ3v) is 5.91. The molecule has 0 saturated carbocycles. The lowest BCUT2D eigenvalue weighted by molar-refractivity contribution is -0.119. The number of fused-ring (bicyclic) bond motifs is 1. The molecule has 0 unspecified atom stereocenters. The van der Waals surface area contributed by atoms with Crippen LogP contribution in [0.5, 0.6) is 0 Å². The molecule has 1 aromatic carbocycles. The average Bonchev–Trinajstić information content (AvgIpc) is 3.24. The Morgan fingerprint density at radius 1 is 1.09 bits per heavy atom. The van der Waals surface area contributed by atoms with Crippen molar-refractivity contribution in [3.8, 4) is 5.69 Å². The molecule has 0 atom stereocenters. The second-order valence-corrected chi connectivity index (χ2v) is 8.72. The van der Waals surface area contributed by atoms with Gasteiger partial charge in [-0.15, -0.1) is 0 Å². The number of ether oxygens (including phenoxy) is 1. The molecule has 1 aliphatic rings. The molecule has 174 valence electrons. The maximum atomic E-state index is 12.6. The van der Waals surface area contributed by atoms with E-state index in [0.717, 1.165) is 47.1 Å². The van der Waals surface area contributed by atoms with E-state index < -0.39 is 0 Å². The van der Waals surface area contributed by atoms with E-state index in [0.29, 0.717) is 32.5 Å². The average molecular weight is 449 g/mol. The summed E-state index contributed by atoms with van der Waals surface area (Å²) in [5.74, 6) is 1.62. The number of methoxy groups -OCH3 is 1. The summed E-state index contributed by atoms with van der Waals surface area (Å²) in [6, 6.07) is 8.31. The molecule has 0 radical (unpaired) electrons. The van der Waals surface area contributed by atoms with Crippen molar-refractivity contribution in [2.45, 2.75) is 46.2 Å². The molecule has 0 N–H and O–H groups in total. The van der Waals surface area contributed by atoms with Gasteiger partial charge in [0.15, 0.2) is 0 Å². The predicted molar refractivity (Wildman–Crippen MR) is 127 cm³/mol. The lowest BCUT2D eigenvalue weighted by Gasteiger charge is -2.29. The molecule has 1 amide bonds. The van der Waals surface area contributed by atoms with E-state index >= 15 is 0 Å². The first-order valence-corrected chi connectivity index (χ1v) is 11.4. The van der Waals surface area contributed by atoms with Crippen molar-refractivity contribution in [2.24, 2.45) is 0 Å². The Kier molecular flexibility index (Phi) is 7.15. The van der Waals surface area contributed by atoms with Crippen LogP contribution in [0.3, 0.4) is 0 Å². The van der Waals surface area contributed by atoms with E-state index in [-0.39, 0.29) is 5.91 Å². The second-order valence-electron chi connectivity index (χ2n) is 8.72. The fourth-order valence-electron chi connectivity index (χ4n) is 4.20. The Bertz CT molecular complexity index is 1110. The number of amides is 1. The maximum absolute atomic E-state index is 12.6. The Morgan fingerprint density at radius 2 is 1.88 bits per heavy atom. The molecule has 2 aromatic heterocycles. The zero-order chi connectivity index (χ0) is 23.4. The van der Waals surface area contributed by atoms with Gasteiger partial charge < -0.3 is 4.74 Å². The van der Waals surface area contributed by atoms with Crippen LogP contribution in [0.15, 0.2) is 36.7 Å². The van der Waals surface area contributed by atoms with E-state index in [9.17, 15) is 4.79 Å². The number of hydrogen-bond donors (Lipinski definition) is 0. The van der Waals surface area contributed by atoms with Gasteiger partial charge in [0.05, 0.1) is 18.4 Å². The van der Waals surface area contributed by atoms with Crippen molar-refractivity contribution in [2.75, 3.05) is 32.2 Å². The standard InChI is InChI=1S/C25H32N6O2/c1-18-6-8-21(9-7-18)31-16-20(14-26-31)15-29(3)17-23-27-19(2)22-10-11-24(32)30(25(22)28-23)12-5-13-33-4/h6-9,14,16H,5,10-13,15,17H2,1-4H3. The summed E-state index contributed by atoms with van der Waals surface area (Å²) in [7, 11) is 3.72. The molecule has 0 spiro atoms. The minimum Gasteiger partial charge on any atom is -0.385 e. The van der Waals surface area contributed by atoms with Crippen LogP contribution in [0, 0.1) is 13.8 Å². The van der Waals surface area contributed by atoms with Crippen LogP contribution in [0.2, 0.25) is 0 Å². The number of nitrogens with zero attached hydrogens (tertiary/aromatic N) is 6. The number of aromatic nitrogens is 4. The Balaban J connectivity index is 1.46. The number of hydrogen-bond acceptors (Lipinski definition) is 6. The molecule has 3 aromatic rings. The van der Waals surface area contributed by atoms with Crippen LogP contribution in [0.1, 0.15) is 41.1 Å². The zero-order valence-corrected chi connectivity index (χ0v) is 19.9. The van der Waals surface area contributed by atoms with E-state index in [2.05, 4.69) is 47.4 Å². The number of carbonyl (C=O) groups is 1. The number of rotatable bonds is 9. The molecule has 0 bridgehead atoms. The Hall–Kier alpha value is -3.10. The van der Waals surface area contributed by atoms with Crippen molar-refractivity contribution in [1.29, 1.82) is 0 Å². The highest BCUT2D eigenvalue weighted by atomic mass is 16.5. The minimum atomic E-state index is 0.125. The SMILES string of the molecule is COCCCN1C(=O)CCc2c(C)nc(CN(C)Cc3cnn(-c4ccc(C)cc4)c3)nc21. The smallest absolute Gasteiger partial charge is 0.228 e. The summed E-state index contributed by atoms with van der Waals surface area (Å²) in [4.78, 5) is 26.1. The van der Waals surface area contributed by atoms with Gasteiger partial charge in [-0.3, -0.25) is 14.6 Å². The molecule has 3 heterocycles. The molecule has 4 rings (SSSR count). The largest absolute Gasteiger partial charge is 0.385 e. The first-order valence-electron chi connectivity index (χ1n) is 11.4. The van der Waals surface area contributed by atoms with E-state index in [1.165, 1.54) is 5.56 Å². The van der Waals surface area contributed by atoms with Gasteiger partial charge in [-0.05, 0) is 45.9 Å².